The second-order valence-corrected chi connectivity index (χ2v) is 6.07. The van der Waals surface area contributed by atoms with E-state index in [1.165, 1.54) is 37.7 Å². The number of nitrogens with zero attached hydrogens (tertiary/aromatic N) is 2. The first-order valence-electron chi connectivity index (χ1n) is 6.63. The van der Waals surface area contributed by atoms with Crippen LogP contribution < -0.4 is 5.43 Å². The molecule has 1 aliphatic rings. The summed E-state index contributed by atoms with van der Waals surface area (Å²) in [6.07, 6.45) is 3.64. The van der Waals surface area contributed by atoms with Crippen LogP contribution in [0, 0.1) is 6.92 Å². The predicted molar refractivity (Wildman–Crippen MR) is 76.4 cm³/mol. The summed E-state index contributed by atoms with van der Waals surface area (Å²) in [7, 11) is 1.39. The summed E-state index contributed by atoms with van der Waals surface area (Å²) in [6.45, 7) is 6.26. The van der Waals surface area contributed by atoms with E-state index < -0.39 is 0 Å². The van der Waals surface area contributed by atoms with Crippen LogP contribution in [0.4, 0.5) is 5.13 Å². The number of piperidine rings is 1. The Labute approximate surface area is 117 Å². The highest BCUT2D eigenvalue weighted by Crippen LogP contribution is 2.27. The number of ether oxygens (including phenoxy) is 1. The van der Waals surface area contributed by atoms with Crippen molar-refractivity contribution in [3.05, 3.63) is 10.6 Å². The molecule has 0 aliphatic carbocycles. The number of carbonyl (C=O) groups excluding carboxylic acids is 1. The number of nitrogens with one attached hydrogen (secondary N) is 1. The lowest BCUT2D eigenvalue weighted by Crippen LogP contribution is -2.47. The van der Waals surface area contributed by atoms with Crippen molar-refractivity contribution in [1.29, 1.82) is 0 Å². The largest absolute Gasteiger partial charge is 0.465 e. The van der Waals surface area contributed by atoms with Gasteiger partial charge in [0.05, 0.1) is 12.8 Å². The van der Waals surface area contributed by atoms with Gasteiger partial charge >= 0.3 is 5.97 Å². The lowest BCUT2D eigenvalue weighted by molar-refractivity contribution is 0.0605. The molecule has 1 saturated heterocycles. The van der Waals surface area contributed by atoms with E-state index in [9.17, 15) is 4.79 Å². The fourth-order valence-corrected chi connectivity index (χ4v) is 3.37. The summed E-state index contributed by atoms with van der Waals surface area (Å²) >= 11 is 1.35. The summed E-state index contributed by atoms with van der Waals surface area (Å²) in [5.41, 5.74) is 4.07. The quantitative estimate of drug-likeness (QED) is 0.864. The minimum Gasteiger partial charge on any atom is -0.465 e. The van der Waals surface area contributed by atoms with Crippen molar-refractivity contribution in [2.45, 2.75) is 52.1 Å². The average molecular weight is 283 g/mol. The molecule has 19 heavy (non-hydrogen) atoms. The molecule has 1 aromatic heterocycles. The smallest absolute Gasteiger partial charge is 0.350 e. The van der Waals surface area contributed by atoms with Crippen LogP contribution in [-0.4, -0.2) is 35.2 Å². The van der Waals surface area contributed by atoms with Gasteiger partial charge in [-0.1, -0.05) is 17.8 Å². The highest BCUT2D eigenvalue weighted by Gasteiger charge is 2.26. The minimum absolute atomic E-state index is 0.317. The van der Waals surface area contributed by atoms with Crippen molar-refractivity contribution in [2.24, 2.45) is 0 Å². The second-order valence-electron chi connectivity index (χ2n) is 5.07. The maximum atomic E-state index is 11.6. The summed E-state index contributed by atoms with van der Waals surface area (Å²) in [5, 5.41) is 3.00. The predicted octanol–water partition coefficient (Wildman–Crippen LogP) is 2.83. The summed E-state index contributed by atoms with van der Waals surface area (Å²) in [5.74, 6) is -0.317. The number of anilines is 1. The van der Waals surface area contributed by atoms with E-state index in [2.05, 4.69) is 29.3 Å². The number of carbonyl (C=O) groups is 1. The van der Waals surface area contributed by atoms with Crippen LogP contribution in [0.2, 0.25) is 0 Å². The SMILES string of the molecule is COC(=O)c1sc(NN2C(C)CCCC2C)nc1C. The van der Waals surface area contributed by atoms with Crippen LogP contribution in [0.5, 0.6) is 0 Å². The molecule has 1 fully saturated rings. The molecule has 0 amide bonds. The van der Waals surface area contributed by atoms with Crippen LogP contribution in [0.3, 0.4) is 0 Å². The van der Waals surface area contributed by atoms with Crippen LogP contribution in [0.15, 0.2) is 0 Å². The van der Waals surface area contributed by atoms with Crippen LogP contribution in [0.25, 0.3) is 0 Å². The van der Waals surface area contributed by atoms with Gasteiger partial charge in [-0.2, -0.15) is 0 Å². The van der Waals surface area contributed by atoms with Gasteiger partial charge in [-0.3, -0.25) is 5.43 Å². The standard InChI is InChI=1S/C13H21N3O2S/c1-8-6-5-7-9(2)16(8)15-13-14-10(3)11(19-13)12(17)18-4/h8-9H,5-7H2,1-4H3,(H,14,15). The maximum absolute atomic E-state index is 11.6. The normalized spacial score (nSPS) is 24.2. The van der Waals surface area contributed by atoms with Crippen LogP contribution in [-0.2, 0) is 4.74 Å². The molecule has 5 nitrogen and oxygen atoms in total. The molecule has 1 aromatic rings. The van der Waals surface area contributed by atoms with E-state index in [4.69, 9.17) is 4.74 Å². The van der Waals surface area contributed by atoms with E-state index in [1.54, 1.807) is 0 Å². The Morgan fingerprint density at radius 2 is 2.05 bits per heavy atom. The molecule has 1 N–H and O–H groups in total. The number of aromatic nitrogens is 1. The monoisotopic (exact) mass is 283 g/mol. The van der Waals surface area contributed by atoms with E-state index >= 15 is 0 Å². The number of esters is 1. The van der Waals surface area contributed by atoms with Gasteiger partial charge in [0.15, 0.2) is 5.13 Å². The molecular formula is C13H21N3O2S. The lowest BCUT2D eigenvalue weighted by atomic mass is 10.00. The van der Waals surface area contributed by atoms with Crippen molar-refractivity contribution < 1.29 is 9.53 Å². The molecule has 0 radical (unpaired) electrons. The molecule has 6 heteroatoms. The molecule has 0 saturated carbocycles. The molecule has 2 unspecified atom stereocenters. The Bertz CT molecular complexity index is 451. The number of hydrogen-bond donors (Lipinski definition) is 1. The van der Waals surface area contributed by atoms with E-state index in [1.807, 2.05) is 6.92 Å². The van der Waals surface area contributed by atoms with Gasteiger partial charge in [0, 0.05) is 12.1 Å². The summed E-state index contributed by atoms with van der Waals surface area (Å²) in [4.78, 5) is 16.6. The third-order valence-electron chi connectivity index (χ3n) is 3.59. The summed E-state index contributed by atoms with van der Waals surface area (Å²) < 4.78 is 4.75. The summed E-state index contributed by atoms with van der Waals surface area (Å²) in [6, 6.07) is 0.962. The zero-order chi connectivity index (χ0) is 14.0. The van der Waals surface area contributed by atoms with Crippen molar-refractivity contribution >= 4 is 22.4 Å². The zero-order valence-corrected chi connectivity index (χ0v) is 12.7. The van der Waals surface area contributed by atoms with Gasteiger partial charge in [-0.05, 0) is 33.6 Å². The average Bonchev–Trinajstić information content (AvgIpc) is 2.74. The number of aryl methyl sites for hydroxylation is 1. The topological polar surface area (TPSA) is 54.5 Å². The first-order chi connectivity index (χ1) is 9.02. The highest BCUT2D eigenvalue weighted by atomic mass is 32.1. The van der Waals surface area contributed by atoms with Gasteiger partial charge in [0.25, 0.3) is 0 Å². The van der Waals surface area contributed by atoms with E-state index in [-0.39, 0.29) is 5.97 Å². The third kappa shape index (κ3) is 3.06. The number of rotatable bonds is 3. The molecule has 106 valence electrons. The maximum Gasteiger partial charge on any atom is 0.350 e. The first kappa shape index (κ1) is 14.3. The molecule has 2 atom stereocenters. The number of thiazole rings is 1. The van der Waals surface area contributed by atoms with Crippen molar-refractivity contribution in [1.82, 2.24) is 9.99 Å². The Morgan fingerprint density at radius 1 is 1.42 bits per heavy atom. The van der Waals surface area contributed by atoms with Gasteiger partial charge in [-0.25, -0.2) is 14.8 Å². The molecule has 0 spiro atoms. The van der Waals surface area contributed by atoms with Gasteiger partial charge in [0.2, 0.25) is 0 Å². The highest BCUT2D eigenvalue weighted by molar-refractivity contribution is 7.17. The molecule has 2 rings (SSSR count). The van der Waals surface area contributed by atoms with Crippen molar-refractivity contribution in [3.8, 4) is 0 Å². The lowest BCUT2D eigenvalue weighted by Gasteiger charge is -2.38. The van der Waals surface area contributed by atoms with Crippen molar-refractivity contribution in [2.75, 3.05) is 12.5 Å². The van der Waals surface area contributed by atoms with E-state index in [0.717, 1.165) is 10.8 Å². The Kier molecular flexibility index (Phi) is 4.42. The second kappa shape index (κ2) is 5.88. The van der Waals surface area contributed by atoms with Crippen LogP contribution >= 0.6 is 11.3 Å². The zero-order valence-electron chi connectivity index (χ0n) is 11.9. The first-order valence-corrected chi connectivity index (χ1v) is 7.45. The van der Waals surface area contributed by atoms with Gasteiger partial charge < -0.3 is 4.74 Å². The molecule has 0 bridgehead atoms. The molecule has 2 heterocycles. The fraction of sp³-hybridized carbons (Fsp3) is 0.692. The third-order valence-corrected chi connectivity index (χ3v) is 4.63. The number of hydrazine groups is 1. The fourth-order valence-electron chi connectivity index (χ4n) is 2.48. The van der Waals surface area contributed by atoms with E-state index in [0.29, 0.717) is 17.0 Å². The Balaban J connectivity index is 2.12. The molecule has 0 aromatic carbocycles. The Hall–Kier alpha value is -1.14. The van der Waals surface area contributed by atoms with Gasteiger partial charge in [-0.15, -0.1) is 0 Å². The van der Waals surface area contributed by atoms with Gasteiger partial charge in [0.1, 0.15) is 4.88 Å². The molecule has 1 aliphatic heterocycles. The number of methoxy groups -OCH3 is 1. The number of hydrogen-bond acceptors (Lipinski definition) is 6. The minimum atomic E-state index is -0.317. The molecular weight excluding hydrogens is 262 g/mol. The van der Waals surface area contributed by atoms with Crippen molar-refractivity contribution in [3.63, 3.8) is 0 Å². The van der Waals surface area contributed by atoms with Crippen LogP contribution in [0.1, 0.15) is 48.5 Å². The Morgan fingerprint density at radius 3 is 2.63 bits per heavy atom.